The molecule has 2 saturated heterocycles. The lowest BCUT2D eigenvalue weighted by Gasteiger charge is -2.31. The molecule has 0 aliphatic carbocycles. The van der Waals surface area contributed by atoms with Crippen LogP contribution in [0.1, 0.15) is 5.56 Å². The highest BCUT2D eigenvalue weighted by Crippen LogP contribution is 2.22. The Morgan fingerprint density at radius 3 is 2.26 bits per heavy atom. The number of hydrogen-bond donors (Lipinski definition) is 1. The Hall–Kier alpha value is -2.71. The fourth-order valence-electron chi connectivity index (χ4n) is 3.05. The molecule has 1 N–H and O–H groups in total. The first-order valence-electron chi connectivity index (χ1n) is 9.27. The molecule has 2 aromatic rings. The van der Waals surface area contributed by atoms with Crippen molar-refractivity contribution in [2.24, 2.45) is 5.10 Å². The molecule has 0 spiro atoms. The molecule has 0 bridgehead atoms. The number of hydrogen-bond acceptors (Lipinski definition) is 8. The van der Waals surface area contributed by atoms with Crippen LogP contribution >= 0.6 is 0 Å². The van der Waals surface area contributed by atoms with E-state index in [0.29, 0.717) is 38.2 Å². The van der Waals surface area contributed by atoms with Gasteiger partial charge in [0.2, 0.25) is 5.95 Å². The first-order chi connectivity index (χ1) is 13.4. The van der Waals surface area contributed by atoms with E-state index in [-0.39, 0.29) is 0 Å². The van der Waals surface area contributed by atoms with Gasteiger partial charge in [0.25, 0.3) is 0 Å². The van der Waals surface area contributed by atoms with Gasteiger partial charge < -0.3 is 19.3 Å². The third-order valence-electron chi connectivity index (χ3n) is 4.52. The van der Waals surface area contributed by atoms with Crippen LogP contribution in [0.3, 0.4) is 0 Å². The van der Waals surface area contributed by atoms with Crippen molar-refractivity contribution in [2.45, 2.75) is 0 Å². The Morgan fingerprint density at radius 2 is 1.56 bits per heavy atom. The monoisotopic (exact) mass is 368 g/mol. The van der Waals surface area contributed by atoms with Crippen molar-refractivity contribution < 1.29 is 9.47 Å². The van der Waals surface area contributed by atoms with Crippen molar-refractivity contribution >= 4 is 23.8 Å². The first kappa shape index (κ1) is 17.7. The van der Waals surface area contributed by atoms with Crippen molar-refractivity contribution in [3.8, 4) is 0 Å². The first-order valence-corrected chi connectivity index (χ1v) is 9.27. The molecular weight excluding hydrogens is 344 g/mol. The van der Waals surface area contributed by atoms with Crippen molar-refractivity contribution in [2.75, 3.05) is 67.8 Å². The smallest absolute Gasteiger partial charge is 0.229 e. The maximum atomic E-state index is 5.46. The fraction of sp³-hybridized carbons (Fsp3) is 0.421. The Labute approximate surface area is 158 Å². The molecule has 2 fully saturated rings. The van der Waals surface area contributed by atoms with Crippen LogP contribution in [-0.4, -0.2) is 68.8 Å². The molecule has 8 nitrogen and oxygen atoms in total. The molecule has 0 atom stereocenters. The average Bonchev–Trinajstić information content (AvgIpc) is 2.76. The summed E-state index contributed by atoms with van der Waals surface area (Å²) in [6, 6.07) is 11.9. The van der Waals surface area contributed by atoms with Crippen LogP contribution < -0.4 is 15.2 Å². The highest BCUT2D eigenvalue weighted by molar-refractivity contribution is 5.80. The van der Waals surface area contributed by atoms with Crippen molar-refractivity contribution in [1.82, 2.24) is 9.97 Å². The lowest BCUT2D eigenvalue weighted by atomic mass is 10.2. The predicted molar refractivity (Wildman–Crippen MR) is 106 cm³/mol. The summed E-state index contributed by atoms with van der Waals surface area (Å²) in [5.74, 6) is 2.28. The fourth-order valence-corrected chi connectivity index (χ4v) is 3.05. The number of aromatic nitrogens is 2. The lowest BCUT2D eigenvalue weighted by Crippen LogP contribution is -2.39. The summed E-state index contributed by atoms with van der Waals surface area (Å²) in [5.41, 5.74) is 4.08. The Balaban J connectivity index is 1.55. The summed E-state index contributed by atoms with van der Waals surface area (Å²) in [4.78, 5) is 13.8. The second-order valence-electron chi connectivity index (χ2n) is 6.39. The van der Waals surface area contributed by atoms with Crippen LogP contribution in [0.4, 0.5) is 17.6 Å². The molecule has 4 rings (SSSR count). The van der Waals surface area contributed by atoms with Crippen molar-refractivity contribution in [1.29, 1.82) is 0 Å². The number of morpholine rings is 2. The van der Waals surface area contributed by atoms with Gasteiger partial charge in [0, 0.05) is 32.2 Å². The average molecular weight is 368 g/mol. The zero-order chi connectivity index (χ0) is 18.3. The summed E-state index contributed by atoms with van der Waals surface area (Å²) in [5, 5.41) is 4.33. The molecule has 0 amide bonds. The van der Waals surface area contributed by atoms with E-state index >= 15 is 0 Å². The molecule has 2 aliphatic rings. The van der Waals surface area contributed by atoms with Gasteiger partial charge in [0.1, 0.15) is 5.82 Å². The van der Waals surface area contributed by atoms with Gasteiger partial charge in [-0.05, 0) is 5.56 Å². The molecule has 27 heavy (non-hydrogen) atoms. The summed E-state index contributed by atoms with van der Waals surface area (Å²) in [7, 11) is 0. The van der Waals surface area contributed by atoms with Crippen LogP contribution in [-0.2, 0) is 9.47 Å². The molecule has 1 aromatic heterocycles. The number of ether oxygens (including phenoxy) is 2. The molecule has 142 valence electrons. The van der Waals surface area contributed by atoms with E-state index in [1.165, 1.54) is 0 Å². The number of nitrogens with one attached hydrogen (secondary N) is 1. The van der Waals surface area contributed by atoms with E-state index in [4.69, 9.17) is 14.5 Å². The summed E-state index contributed by atoms with van der Waals surface area (Å²) in [6.07, 6.45) is 1.78. The Morgan fingerprint density at radius 1 is 0.889 bits per heavy atom. The maximum Gasteiger partial charge on any atom is 0.229 e. The van der Waals surface area contributed by atoms with Crippen LogP contribution in [0.5, 0.6) is 0 Å². The second kappa shape index (κ2) is 8.79. The zero-order valence-electron chi connectivity index (χ0n) is 15.3. The Bertz CT molecular complexity index is 722. The number of hydrazone groups is 1. The van der Waals surface area contributed by atoms with Gasteiger partial charge in [-0.1, -0.05) is 30.3 Å². The second-order valence-corrected chi connectivity index (χ2v) is 6.39. The number of nitrogens with zero attached hydrogens (tertiary/aromatic N) is 5. The topological polar surface area (TPSA) is 75.1 Å². The molecule has 0 saturated carbocycles. The number of rotatable bonds is 5. The molecule has 0 unspecified atom stereocenters. The van der Waals surface area contributed by atoms with Crippen molar-refractivity contribution in [3.63, 3.8) is 0 Å². The highest BCUT2D eigenvalue weighted by Gasteiger charge is 2.19. The van der Waals surface area contributed by atoms with E-state index in [2.05, 4.69) is 25.3 Å². The predicted octanol–water partition coefficient (Wildman–Crippen LogP) is 1.60. The van der Waals surface area contributed by atoms with E-state index < -0.39 is 0 Å². The van der Waals surface area contributed by atoms with E-state index in [9.17, 15) is 0 Å². The van der Waals surface area contributed by atoms with Crippen LogP contribution in [0, 0.1) is 0 Å². The maximum absolute atomic E-state index is 5.46. The standard InChI is InChI=1S/C19H24N6O2/c1-2-4-16(5-3-1)15-20-23-17-14-18(24-6-10-26-11-7-24)22-19(21-17)25-8-12-27-13-9-25/h1-5,14-15H,6-13H2,(H,21,22,23). The van der Waals surface area contributed by atoms with Crippen LogP contribution in [0.2, 0.25) is 0 Å². The lowest BCUT2D eigenvalue weighted by molar-refractivity contribution is 0.121. The van der Waals surface area contributed by atoms with Crippen LogP contribution in [0.15, 0.2) is 41.5 Å². The third-order valence-corrected chi connectivity index (χ3v) is 4.52. The number of anilines is 3. The summed E-state index contributed by atoms with van der Waals surface area (Å²) >= 11 is 0. The minimum atomic E-state index is 0.681. The Kier molecular flexibility index (Phi) is 5.76. The molecule has 0 radical (unpaired) electrons. The van der Waals surface area contributed by atoms with Crippen LogP contribution in [0.25, 0.3) is 0 Å². The van der Waals surface area contributed by atoms with E-state index in [1.54, 1.807) is 6.21 Å². The third kappa shape index (κ3) is 4.72. The van der Waals surface area contributed by atoms with Gasteiger partial charge in [-0.15, -0.1) is 0 Å². The molecule has 3 heterocycles. The largest absolute Gasteiger partial charge is 0.378 e. The quantitative estimate of drug-likeness (QED) is 0.635. The number of benzene rings is 1. The minimum Gasteiger partial charge on any atom is -0.378 e. The molecular formula is C19H24N6O2. The normalized spacial score (nSPS) is 18.1. The minimum absolute atomic E-state index is 0.681. The summed E-state index contributed by atoms with van der Waals surface area (Å²) in [6.45, 7) is 6.05. The van der Waals surface area contributed by atoms with Gasteiger partial charge in [-0.2, -0.15) is 15.1 Å². The van der Waals surface area contributed by atoms with E-state index in [1.807, 2.05) is 36.4 Å². The van der Waals surface area contributed by atoms with E-state index in [0.717, 1.165) is 37.6 Å². The molecule has 8 heteroatoms. The highest BCUT2D eigenvalue weighted by atomic mass is 16.5. The van der Waals surface area contributed by atoms with Gasteiger partial charge in [-0.3, -0.25) is 5.43 Å². The van der Waals surface area contributed by atoms with Gasteiger partial charge in [0.05, 0.1) is 32.6 Å². The SMILES string of the molecule is C(=NNc1cc(N2CCOCC2)nc(N2CCOCC2)n1)c1ccccc1. The molecule has 1 aromatic carbocycles. The van der Waals surface area contributed by atoms with Gasteiger partial charge in [0.15, 0.2) is 5.82 Å². The van der Waals surface area contributed by atoms with Gasteiger partial charge in [-0.25, -0.2) is 0 Å². The van der Waals surface area contributed by atoms with Gasteiger partial charge >= 0.3 is 0 Å². The zero-order valence-corrected chi connectivity index (χ0v) is 15.3. The summed E-state index contributed by atoms with van der Waals surface area (Å²) < 4.78 is 10.9. The van der Waals surface area contributed by atoms with Crippen molar-refractivity contribution in [3.05, 3.63) is 42.0 Å². The molecule has 2 aliphatic heterocycles.